The van der Waals surface area contributed by atoms with Gasteiger partial charge < -0.3 is 14.8 Å². The second kappa shape index (κ2) is 7.62. The van der Waals surface area contributed by atoms with Crippen molar-refractivity contribution in [2.45, 2.75) is 25.9 Å². The molecule has 1 aliphatic rings. The van der Waals surface area contributed by atoms with Gasteiger partial charge in [0.05, 0.1) is 11.0 Å². The number of nitrogens with one attached hydrogen (secondary N) is 1. The molecule has 1 aromatic heterocycles. The molecule has 0 spiro atoms. The van der Waals surface area contributed by atoms with Crippen molar-refractivity contribution in [3.63, 3.8) is 0 Å². The van der Waals surface area contributed by atoms with E-state index in [0.717, 1.165) is 18.4 Å². The van der Waals surface area contributed by atoms with Crippen molar-refractivity contribution in [3.05, 3.63) is 45.2 Å². The molecule has 132 valence electrons. The Labute approximate surface area is 149 Å². The maximum atomic E-state index is 11.5. The first kappa shape index (κ1) is 17.4. The number of hydrogen-bond acceptors (Lipinski definition) is 7. The van der Waals surface area contributed by atoms with Crippen LogP contribution < -0.4 is 10.1 Å². The standard InChI is InChI=1S/C16H17ClN4O4/c1-10-7-11(4-5-13(10)17)25-16-14(21(22)23)15(19-9-20-16)18-8-12-3-2-6-24-12/h4-5,7,9,12H,2-3,6,8H2,1H3,(H,18,19,20). The number of halogens is 1. The molecule has 1 aromatic carbocycles. The summed E-state index contributed by atoms with van der Waals surface area (Å²) in [5, 5.41) is 15.1. The van der Waals surface area contributed by atoms with Gasteiger partial charge in [0.2, 0.25) is 5.82 Å². The van der Waals surface area contributed by atoms with Gasteiger partial charge in [0, 0.05) is 18.2 Å². The number of anilines is 1. The van der Waals surface area contributed by atoms with Gasteiger partial charge in [0.1, 0.15) is 12.1 Å². The molecule has 0 saturated carbocycles. The topological polar surface area (TPSA) is 99.4 Å². The van der Waals surface area contributed by atoms with Crippen molar-refractivity contribution in [3.8, 4) is 11.6 Å². The fourth-order valence-corrected chi connectivity index (χ4v) is 2.66. The molecule has 1 atom stereocenters. The first-order chi connectivity index (χ1) is 12.0. The summed E-state index contributed by atoms with van der Waals surface area (Å²) in [5.41, 5.74) is 0.487. The van der Waals surface area contributed by atoms with Crippen molar-refractivity contribution in [2.75, 3.05) is 18.5 Å². The van der Waals surface area contributed by atoms with Gasteiger partial charge in [-0.25, -0.2) is 4.98 Å². The van der Waals surface area contributed by atoms with Gasteiger partial charge >= 0.3 is 11.6 Å². The molecule has 9 heteroatoms. The molecule has 1 aliphatic heterocycles. The Balaban J connectivity index is 1.83. The third-order valence-corrected chi connectivity index (χ3v) is 4.26. The Hall–Kier alpha value is -2.45. The van der Waals surface area contributed by atoms with Crippen LogP contribution in [0.25, 0.3) is 0 Å². The second-order valence-corrected chi connectivity index (χ2v) is 6.07. The molecule has 0 radical (unpaired) electrons. The minimum Gasteiger partial charge on any atom is -0.434 e. The number of rotatable bonds is 6. The molecule has 1 unspecified atom stereocenters. The summed E-state index contributed by atoms with van der Waals surface area (Å²) in [6.45, 7) is 2.97. The minimum absolute atomic E-state index is 0.0258. The van der Waals surface area contributed by atoms with Crippen LogP contribution in [0, 0.1) is 17.0 Å². The van der Waals surface area contributed by atoms with E-state index in [1.807, 2.05) is 6.92 Å². The highest BCUT2D eigenvalue weighted by molar-refractivity contribution is 6.31. The fraction of sp³-hybridized carbons (Fsp3) is 0.375. The Morgan fingerprint density at radius 1 is 1.48 bits per heavy atom. The predicted molar refractivity (Wildman–Crippen MR) is 92.4 cm³/mol. The number of aryl methyl sites for hydroxylation is 1. The van der Waals surface area contributed by atoms with Gasteiger partial charge in [-0.15, -0.1) is 0 Å². The highest BCUT2D eigenvalue weighted by Gasteiger charge is 2.26. The molecule has 1 saturated heterocycles. The largest absolute Gasteiger partial charge is 0.434 e. The number of aromatic nitrogens is 2. The Kier molecular flexibility index (Phi) is 5.30. The first-order valence-corrected chi connectivity index (χ1v) is 8.21. The Morgan fingerprint density at radius 2 is 2.32 bits per heavy atom. The number of nitro groups is 1. The molecule has 0 bridgehead atoms. The van der Waals surface area contributed by atoms with E-state index in [-0.39, 0.29) is 23.5 Å². The third kappa shape index (κ3) is 4.15. The Morgan fingerprint density at radius 3 is 3.00 bits per heavy atom. The van der Waals surface area contributed by atoms with E-state index < -0.39 is 4.92 Å². The van der Waals surface area contributed by atoms with Gasteiger partial charge in [-0.1, -0.05) is 11.6 Å². The van der Waals surface area contributed by atoms with Crippen LogP contribution in [0.5, 0.6) is 11.6 Å². The van der Waals surface area contributed by atoms with Crippen LogP contribution in [-0.2, 0) is 4.74 Å². The van der Waals surface area contributed by atoms with Gasteiger partial charge in [-0.3, -0.25) is 10.1 Å². The zero-order chi connectivity index (χ0) is 17.8. The summed E-state index contributed by atoms with van der Waals surface area (Å²) in [6.07, 6.45) is 3.16. The van der Waals surface area contributed by atoms with Crippen molar-refractivity contribution >= 4 is 23.1 Å². The van der Waals surface area contributed by atoms with E-state index in [1.165, 1.54) is 6.33 Å². The van der Waals surface area contributed by atoms with Gasteiger partial charge in [-0.05, 0) is 43.5 Å². The summed E-state index contributed by atoms with van der Waals surface area (Å²) in [4.78, 5) is 18.8. The average molecular weight is 365 g/mol. The van der Waals surface area contributed by atoms with Crippen molar-refractivity contribution in [2.24, 2.45) is 0 Å². The number of ether oxygens (including phenoxy) is 2. The summed E-state index contributed by atoms with van der Waals surface area (Å²) in [5.74, 6) is 0.390. The second-order valence-electron chi connectivity index (χ2n) is 5.66. The summed E-state index contributed by atoms with van der Waals surface area (Å²) in [7, 11) is 0. The SMILES string of the molecule is Cc1cc(Oc2ncnc(NCC3CCCO3)c2[N+](=O)[O-])ccc1Cl. The number of hydrogen-bond donors (Lipinski definition) is 1. The number of nitrogens with zero attached hydrogens (tertiary/aromatic N) is 3. The van der Waals surface area contributed by atoms with E-state index in [0.29, 0.717) is 23.9 Å². The zero-order valence-electron chi connectivity index (χ0n) is 13.6. The maximum absolute atomic E-state index is 11.5. The molecule has 2 aromatic rings. The average Bonchev–Trinajstić information content (AvgIpc) is 3.09. The highest BCUT2D eigenvalue weighted by atomic mass is 35.5. The lowest BCUT2D eigenvalue weighted by atomic mass is 10.2. The lowest BCUT2D eigenvalue weighted by molar-refractivity contribution is -0.385. The zero-order valence-corrected chi connectivity index (χ0v) is 14.3. The summed E-state index contributed by atoms with van der Waals surface area (Å²) in [6, 6.07) is 4.98. The van der Waals surface area contributed by atoms with E-state index >= 15 is 0 Å². The van der Waals surface area contributed by atoms with Crippen molar-refractivity contribution in [1.29, 1.82) is 0 Å². The molecule has 25 heavy (non-hydrogen) atoms. The van der Waals surface area contributed by atoms with Crippen LogP contribution in [0.4, 0.5) is 11.5 Å². The minimum atomic E-state index is -0.560. The maximum Gasteiger partial charge on any atom is 0.373 e. The monoisotopic (exact) mass is 364 g/mol. The third-order valence-electron chi connectivity index (χ3n) is 3.84. The van der Waals surface area contributed by atoms with E-state index in [2.05, 4.69) is 15.3 Å². The van der Waals surface area contributed by atoms with Gasteiger partial charge in [0.25, 0.3) is 0 Å². The molecular weight excluding hydrogens is 348 g/mol. The van der Waals surface area contributed by atoms with Crippen LogP contribution in [0.1, 0.15) is 18.4 Å². The van der Waals surface area contributed by atoms with Crippen LogP contribution in [0.3, 0.4) is 0 Å². The van der Waals surface area contributed by atoms with Crippen LogP contribution in [-0.4, -0.2) is 34.1 Å². The van der Waals surface area contributed by atoms with Crippen LogP contribution >= 0.6 is 11.6 Å². The molecule has 2 heterocycles. The van der Waals surface area contributed by atoms with Crippen molar-refractivity contribution in [1.82, 2.24) is 9.97 Å². The smallest absolute Gasteiger partial charge is 0.373 e. The van der Waals surface area contributed by atoms with Crippen molar-refractivity contribution < 1.29 is 14.4 Å². The fourth-order valence-electron chi connectivity index (χ4n) is 2.54. The van der Waals surface area contributed by atoms with Gasteiger partial charge in [-0.2, -0.15) is 4.98 Å². The number of benzene rings is 1. The molecular formula is C16H17ClN4O4. The molecule has 1 N–H and O–H groups in total. The Bertz CT molecular complexity index is 781. The molecule has 1 fully saturated rings. The highest BCUT2D eigenvalue weighted by Crippen LogP contribution is 2.35. The van der Waals surface area contributed by atoms with E-state index in [4.69, 9.17) is 21.1 Å². The lowest BCUT2D eigenvalue weighted by Gasteiger charge is -2.12. The summed E-state index contributed by atoms with van der Waals surface area (Å²) < 4.78 is 11.1. The summed E-state index contributed by atoms with van der Waals surface area (Å²) >= 11 is 5.98. The molecule has 0 aliphatic carbocycles. The molecule has 8 nitrogen and oxygen atoms in total. The quantitative estimate of drug-likeness (QED) is 0.615. The van der Waals surface area contributed by atoms with Gasteiger partial charge in [0.15, 0.2) is 0 Å². The molecule has 0 amide bonds. The first-order valence-electron chi connectivity index (χ1n) is 7.83. The lowest BCUT2D eigenvalue weighted by Crippen LogP contribution is -2.19. The van der Waals surface area contributed by atoms with Crippen LogP contribution in [0.15, 0.2) is 24.5 Å². The normalized spacial score (nSPS) is 16.6. The van der Waals surface area contributed by atoms with E-state index in [9.17, 15) is 10.1 Å². The predicted octanol–water partition coefficient (Wildman–Crippen LogP) is 3.73. The molecule has 3 rings (SSSR count). The van der Waals surface area contributed by atoms with E-state index in [1.54, 1.807) is 18.2 Å². The van der Waals surface area contributed by atoms with Crippen LogP contribution in [0.2, 0.25) is 5.02 Å².